The number of nitrogen functional groups attached to an aromatic ring is 1. The van der Waals surface area contributed by atoms with E-state index in [0.717, 1.165) is 55.8 Å². The molecule has 0 saturated heterocycles. The summed E-state index contributed by atoms with van der Waals surface area (Å²) in [6.07, 6.45) is -0.567. The van der Waals surface area contributed by atoms with Crippen molar-refractivity contribution in [2.24, 2.45) is 23.3 Å². The van der Waals surface area contributed by atoms with Gasteiger partial charge < -0.3 is 79.2 Å². The summed E-state index contributed by atoms with van der Waals surface area (Å²) in [4.78, 5) is 98.5. The molecule has 4 atom stereocenters. The van der Waals surface area contributed by atoms with Crippen molar-refractivity contribution in [1.29, 1.82) is 0 Å². The monoisotopic (exact) mass is 1230 g/mol. The Bertz CT molecular complexity index is 3320. The number of benzene rings is 6. The van der Waals surface area contributed by atoms with E-state index >= 15 is 0 Å². The van der Waals surface area contributed by atoms with Crippen molar-refractivity contribution in [3.63, 3.8) is 0 Å². The third-order valence-electron chi connectivity index (χ3n) is 14.9. The smallest absolute Gasteiger partial charge is 0.407 e. The Hall–Kier alpha value is -10.0. The molecule has 6 aromatic rings. The number of carboxylic acids is 1. The first kappa shape index (κ1) is 68.1. The minimum Gasteiger partial charge on any atom is -0.480 e. The lowest BCUT2D eigenvalue weighted by Crippen LogP contribution is -2.54. The molecule has 482 valence electrons. The van der Waals surface area contributed by atoms with E-state index in [1.807, 2.05) is 97.1 Å². The van der Waals surface area contributed by atoms with Gasteiger partial charge in [-0.15, -0.1) is 0 Å². The average Bonchev–Trinajstić information content (AvgIpc) is 1.63. The van der Waals surface area contributed by atoms with Gasteiger partial charge in [0.2, 0.25) is 17.7 Å². The van der Waals surface area contributed by atoms with E-state index in [1.54, 1.807) is 76.2 Å². The second kappa shape index (κ2) is 33.8. The van der Waals surface area contributed by atoms with Crippen molar-refractivity contribution in [3.8, 4) is 22.3 Å². The molecule has 0 bridgehead atoms. The van der Waals surface area contributed by atoms with Crippen LogP contribution >= 0.6 is 0 Å². The van der Waals surface area contributed by atoms with E-state index in [2.05, 4.69) is 37.2 Å². The lowest BCUT2D eigenvalue weighted by atomic mass is 9.98. The number of nitrogens with two attached hydrogens (primary N) is 3. The van der Waals surface area contributed by atoms with E-state index in [0.29, 0.717) is 24.1 Å². The maximum Gasteiger partial charge on any atom is 0.407 e. The highest BCUT2D eigenvalue weighted by molar-refractivity contribution is 5.98. The van der Waals surface area contributed by atoms with Crippen LogP contribution in [0.15, 0.2) is 146 Å². The van der Waals surface area contributed by atoms with Gasteiger partial charge in [0, 0.05) is 43.4 Å². The molecule has 23 nitrogen and oxygen atoms in total. The number of alkyl carbamates (subject to hydrolysis) is 2. The highest BCUT2D eigenvalue weighted by atomic mass is 16.6. The van der Waals surface area contributed by atoms with Crippen LogP contribution in [0.4, 0.5) is 30.6 Å². The van der Waals surface area contributed by atoms with Gasteiger partial charge in [0.25, 0.3) is 0 Å². The van der Waals surface area contributed by atoms with Crippen molar-refractivity contribution >= 4 is 59.3 Å². The maximum absolute atomic E-state index is 13.4. The number of aliphatic hydroxyl groups excluding tert-OH is 2. The fraction of sp³-hybridized carbons (Fsp3) is 0.333. The Balaban J connectivity index is 0.000000799. The molecule has 0 saturated carbocycles. The van der Waals surface area contributed by atoms with E-state index in [4.69, 9.17) is 31.8 Å². The molecular formula is C66H90N10O13. The summed E-state index contributed by atoms with van der Waals surface area (Å²) in [7, 11) is 0. The van der Waals surface area contributed by atoms with Gasteiger partial charge in [0.1, 0.15) is 37.4 Å². The molecule has 0 aromatic heterocycles. The number of hydrogen-bond acceptors (Lipinski definition) is 13. The predicted molar refractivity (Wildman–Crippen MR) is 347 cm³/mol. The summed E-state index contributed by atoms with van der Waals surface area (Å²) in [5.41, 5.74) is 27.0. The molecule has 9 amide bonds. The number of carbonyl (C=O) groups excluding carboxylic acids is 7. The van der Waals surface area contributed by atoms with Crippen LogP contribution < -0.4 is 54.4 Å². The third kappa shape index (κ3) is 20.0. The number of aliphatic hydroxyl groups is 2. The largest absolute Gasteiger partial charge is 0.480 e. The first-order valence-corrected chi connectivity index (χ1v) is 29.3. The van der Waals surface area contributed by atoms with Crippen LogP contribution in [0.2, 0.25) is 0 Å². The highest BCUT2D eigenvalue weighted by Gasteiger charge is 2.34. The van der Waals surface area contributed by atoms with Gasteiger partial charge in [-0.3, -0.25) is 14.4 Å². The quantitative estimate of drug-likeness (QED) is 0.0190. The van der Waals surface area contributed by atoms with Crippen molar-refractivity contribution in [3.05, 3.63) is 179 Å². The Morgan fingerprint density at radius 1 is 0.483 bits per heavy atom. The molecule has 2 aliphatic carbocycles. The van der Waals surface area contributed by atoms with Crippen molar-refractivity contribution in [1.82, 2.24) is 31.9 Å². The van der Waals surface area contributed by atoms with Crippen LogP contribution in [0.1, 0.15) is 106 Å². The van der Waals surface area contributed by atoms with Gasteiger partial charge >= 0.3 is 30.2 Å². The van der Waals surface area contributed by atoms with Crippen molar-refractivity contribution in [2.45, 2.75) is 103 Å². The molecule has 0 heterocycles. The SMILES string of the molecule is CC(C)[C@H](NC(=O)OCC1c2ccccc2-c2ccccc21)C(=O)N[C@@H](CCCNC(N)=O)C(=O)Nc1ccc(CO)cc1.CC(C)[C@H](NC(=O)OCC1c2ccccc2-c2ccccc21)C(=O)N[C@@H](CCCNC(N)=O)C(=O)O.Nc1ccc(CO)cc1.[HH].[HH].[HH].[HH].[HH]. The summed E-state index contributed by atoms with van der Waals surface area (Å²) in [5.74, 6) is -3.77. The number of primary amides is 2. The number of aliphatic carboxylic acids is 1. The molecule has 8 rings (SSSR count). The first-order chi connectivity index (χ1) is 42.7. The zero-order valence-corrected chi connectivity index (χ0v) is 50.2. The Morgan fingerprint density at radius 3 is 1.18 bits per heavy atom. The summed E-state index contributed by atoms with van der Waals surface area (Å²) >= 11 is 0. The van der Waals surface area contributed by atoms with Gasteiger partial charge in [-0.2, -0.15) is 0 Å². The number of amides is 9. The third-order valence-corrected chi connectivity index (χ3v) is 14.9. The number of nitrogens with one attached hydrogen (secondary N) is 7. The molecule has 16 N–H and O–H groups in total. The van der Waals surface area contributed by atoms with Crippen LogP contribution in [0.5, 0.6) is 0 Å². The van der Waals surface area contributed by atoms with Crippen molar-refractivity contribution < 1.29 is 70.3 Å². The number of anilines is 2. The zero-order valence-electron chi connectivity index (χ0n) is 50.2. The molecule has 2 aliphatic rings. The van der Waals surface area contributed by atoms with Gasteiger partial charge in [-0.05, 0) is 117 Å². The molecule has 0 fully saturated rings. The van der Waals surface area contributed by atoms with E-state index in [9.17, 15) is 48.6 Å². The van der Waals surface area contributed by atoms with E-state index in [1.165, 1.54) is 0 Å². The molecule has 89 heavy (non-hydrogen) atoms. The molecular weight excluding hydrogens is 1140 g/mol. The van der Waals surface area contributed by atoms with Gasteiger partial charge in [-0.1, -0.05) is 149 Å². The first-order valence-electron chi connectivity index (χ1n) is 29.3. The summed E-state index contributed by atoms with van der Waals surface area (Å²) < 4.78 is 11.2. The van der Waals surface area contributed by atoms with Crippen LogP contribution in [0.3, 0.4) is 0 Å². The summed E-state index contributed by atoms with van der Waals surface area (Å²) in [6.45, 7) is 7.57. The fourth-order valence-electron chi connectivity index (χ4n) is 10.2. The van der Waals surface area contributed by atoms with Crippen LogP contribution in [-0.2, 0) is 41.9 Å². The number of urea groups is 2. The number of fused-ring (bicyclic) bond motifs is 6. The standard InChI is InChI=1S/C33H39N5O6.C26H32N4O6.C7H9NO.5H2/c1-20(2)29(38-33(43)44-19-27-25-10-5-3-8-23(25)24-9-4-6-11-26(24)27)31(41)37-28(12-7-17-35-32(34)42)30(40)36-22-15-13-21(18-39)14-16-22;1-15(2)22(23(31)29-21(24(32)33)12-7-13-28-25(27)34)30-26(35)36-14-20-18-10-5-3-8-16(18)17-9-4-6-11-19(17)20;8-7-3-1-6(5-9)2-4-7;;;;;/h3-6,8-11,13-16,20,27-29,39H,7,12,17-19H2,1-2H3,(H,36,40)(H,37,41)(H,38,43)(H3,34,35,42);3-6,8-11,15,20-22H,7,12-14H2,1-2H3,(H,29,31)(H,30,35)(H,32,33)(H3,27,28,34);1-4,9H,5,8H2;5*1H/t28-,29-;21-,22-;;;;;;/m00....../s1. The minimum absolute atomic E-state index is 0. The Kier molecular flexibility index (Phi) is 25.9. The van der Waals surface area contributed by atoms with E-state index in [-0.39, 0.29) is 83.2 Å². The van der Waals surface area contributed by atoms with Gasteiger partial charge in [0.15, 0.2) is 0 Å². The van der Waals surface area contributed by atoms with Crippen LogP contribution in [0.25, 0.3) is 22.3 Å². The molecule has 23 heteroatoms. The second-order valence-corrected chi connectivity index (χ2v) is 22.0. The normalized spacial score (nSPS) is 13.1. The van der Waals surface area contributed by atoms with Crippen molar-refractivity contribution in [2.75, 3.05) is 37.4 Å². The molecule has 0 spiro atoms. The Morgan fingerprint density at radius 2 is 0.831 bits per heavy atom. The maximum atomic E-state index is 13.4. The molecule has 0 radical (unpaired) electrons. The average molecular weight is 1230 g/mol. The fourth-order valence-corrected chi connectivity index (χ4v) is 10.2. The molecule has 6 aromatic carbocycles. The van der Waals surface area contributed by atoms with E-state index < -0.39 is 72.1 Å². The van der Waals surface area contributed by atoms with Gasteiger partial charge in [-0.25, -0.2) is 24.0 Å². The number of carboxylic acid groups (broad SMARTS) is 1. The predicted octanol–water partition coefficient (Wildman–Crippen LogP) is 8.17. The summed E-state index contributed by atoms with van der Waals surface area (Å²) in [6, 6.07) is 40.2. The van der Waals surface area contributed by atoms with Gasteiger partial charge in [0.05, 0.1) is 13.2 Å². The highest BCUT2D eigenvalue weighted by Crippen LogP contribution is 2.45. The van der Waals surface area contributed by atoms with Crippen LogP contribution in [-0.4, -0.2) is 114 Å². The molecule has 0 unspecified atom stereocenters. The zero-order chi connectivity index (χ0) is 64.6. The topological polar surface area (TPSA) is 378 Å². The summed E-state index contributed by atoms with van der Waals surface area (Å²) in [5, 5.41) is 45.4. The molecule has 0 aliphatic heterocycles. The minimum atomic E-state index is -1.22. The second-order valence-electron chi connectivity index (χ2n) is 22.0. The number of hydrogen-bond donors (Lipinski definition) is 13. The number of carbonyl (C=O) groups is 8. The van der Waals surface area contributed by atoms with Crippen LogP contribution in [0, 0.1) is 11.8 Å². The number of ether oxygens (including phenoxy) is 2. The lowest BCUT2D eigenvalue weighted by molar-refractivity contribution is -0.142. The lowest BCUT2D eigenvalue weighted by Gasteiger charge is -2.25. The number of rotatable bonds is 25. The Labute approximate surface area is 524 Å².